The summed E-state index contributed by atoms with van der Waals surface area (Å²) in [5.74, 6) is 1.69. The summed E-state index contributed by atoms with van der Waals surface area (Å²) in [5.41, 5.74) is 0. The highest BCUT2D eigenvalue weighted by Crippen LogP contribution is 2.13. The molecule has 2 rings (SSSR count). The van der Waals surface area contributed by atoms with Crippen LogP contribution in [0.3, 0.4) is 0 Å². The van der Waals surface area contributed by atoms with Crippen molar-refractivity contribution in [3.05, 3.63) is 34.8 Å². The van der Waals surface area contributed by atoms with Crippen LogP contribution >= 0.6 is 11.3 Å². The predicted molar refractivity (Wildman–Crippen MR) is 72.4 cm³/mol. The molecular formula is C12H16N4S. The summed E-state index contributed by atoms with van der Waals surface area (Å²) in [5, 5.41) is 8.60. The lowest BCUT2D eigenvalue weighted by molar-refractivity contribution is 0.886. The first-order chi connectivity index (χ1) is 8.24. The normalized spacial score (nSPS) is 10.5. The number of nitrogens with zero attached hydrogens (tertiary/aromatic N) is 2. The van der Waals surface area contributed by atoms with Crippen molar-refractivity contribution in [1.29, 1.82) is 0 Å². The Morgan fingerprint density at radius 1 is 1.29 bits per heavy atom. The molecule has 2 aromatic heterocycles. The van der Waals surface area contributed by atoms with Gasteiger partial charge in [0.25, 0.3) is 0 Å². The average Bonchev–Trinajstić information content (AvgIpc) is 2.79. The van der Waals surface area contributed by atoms with Crippen molar-refractivity contribution in [2.75, 3.05) is 10.6 Å². The molecule has 17 heavy (non-hydrogen) atoms. The van der Waals surface area contributed by atoms with Crippen LogP contribution in [-0.4, -0.2) is 16.0 Å². The first kappa shape index (κ1) is 11.9. The predicted octanol–water partition coefficient (Wildman–Crippen LogP) is 2.97. The summed E-state index contributed by atoms with van der Waals surface area (Å²) in [7, 11) is 0. The van der Waals surface area contributed by atoms with Gasteiger partial charge in [0.2, 0.25) is 0 Å². The number of thiophene rings is 1. The van der Waals surface area contributed by atoms with Gasteiger partial charge in [0.05, 0.1) is 6.54 Å². The molecule has 0 saturated heterocycles. The van der Waals surface area contributed by atoms with Crippen LogP contribution in [0, 0.1) is 0 Å². The molecule has 2 N–H and O–H groups in total. The van der Waals surface area contributed by atoms with E-state index in [0.717, 1.165) is 18.2 Å². The standard InChI is InChI=1S/C12H16N4S/c1-9(2)16-12-6-11(14-8-15-12)13-7-10-4-3-5-17-10/h3-6,8-9H,7H2,1-2H3,(H2,13,14,15,16). The molecule has 0 atom stereocenters. The fourth-order valence-corrected chi connectivity index (χ4v) is 2.06. The number of nitrogens with one attached hydrogen (secondary N) is 2. The Morgan fingerprint density at radius 2 is 2.12 bits per heavy atom. The molecule has 4 nitrogen and oxygen atoms in total. The molecule has 0 aromatic carbocycles. The zero-order valence-electron chi connectivity index (χ0n) is 9.97. The monoisotopic (exact) mass is 248 g/mol. The Kier molecular flexibility index (Phi) is 3.93. The molecule has 0 unspecified atom stereocenters. The molecule has 0 aliphatic heterocycles. The molecule has 0 fully saturated rings. The molecule has 2 aromatic rings. The second kappa shape index (κ2) is 5.63. The zero-order valence-corrected chi connectivity index (χ0v) is 10.8. The van der Waals surface area contributed by atoms with E-state index in [1.165, 1.54) is 4.88 Å². The maximum Gasteiger partial charge on any atom is 0.131 e. The second-order valence-corrected chi connectivity index (χ2v) is 5.05. The van der Waals surface area contributed by atoms with Crippen LogP contribution in [0.25, 0.3) is 0 Å². The zero-order chi connectivity index (χ0) is 12.1. The number of hydrogen-bond donors (Lipinski definition) is 2. The number of anilines is 2. The van der Waals surface area contributed by atoms with Crippen LogP contribution in [0.5, 0.6) is 0 Å². The summed E-state index contributed by atoms with van der Waals surface area (Å²) in [6.45, 7) is 4.97. The highest BCUT2D eigenvalue weighted by Gasteiger charge is 2.00. The lowest BCUT2D eigenvalue weighted by Gasteiger charge is -2.10. The minimum absolute atomic E-state index is 0.370. The van der Waals surface area contributed by atoms with E-state index in [1.807, 2.05) is 12.1 Å². The Morgan fingerprint density at radius 3 is 2.82 bits per heavy atom. The summed E-state index contributed by atoms with van der Waals surface area (Å²) in [6.07, 6.45) is 1.57. The van der Waals surface area contributed by atoms with E-state index in [1.54, 1.807) is 17.7 Å². The van der Waals surface area contributed by atoms with Gasteiger partial charge in [-0.05, 0) is 25.3 Å². The second-order valence-electron chi connectivity index (χ2n) is 4.02. The minimum Gasteiger partial charge on any atom is -0.368 e. The van der Waals surface area contributed by atoms with Gasteiger partial charge in [-0.1, -0.05) is 6.07 Å². The van der Waals surface area contributed by atoms with Crippen LogP contribution in [0.1, 0.15) is 18.7 Å². The summed E-state index contributed by atoms with van der Waals surface area (Å²) in [6, 6.07) is 6.45. The van der Waals surface area contributed by atoms with Gasteiger partial charge in [0, 0.05) is 17.0 Å². The van der Waals surface area contributed by atoms with Crippen molar-refractivity contribution in [2.24, 2.45) is 0 Å². The minimum atomic E-state index is 0.370. The first-order valence-electron chi connectivity index (χ1n) is 5.59. The van der Waals surface area contributed by atoms with Gasteiger partial charge in [-0.2, -0.15) is 0 Å². The SMILES string of the molecule is CC(C)Nc1cc(NCc2cccs2)ncn1. The van der Waals surface area contributed by atoms with Crippen LogP contribution in [-0.2, 0) is 6.54 Å². The Hall–Kier alpha value is -1.62. The fraction of sp³-hybridized carbons (Fsp3) is 0.333. The van der Waals surface area contributed by atoms with E-state index in [-0.39, 0.29) is 0 Å². The van der Waals surface area contributed by atoms with E-state index in [0.29, 0.717) is 6.04 Å². The fourth-order valence-electron chi connectivity index (χ4n) is 1.42. The maximum absolute atomic E-state index is 4.19. The van der Waals surface area contributed by atoms with Crippen molar-refractivity contribution >= 4 is 23.0 Å². The quantitative estimate of drug-likeness (QED) is 0.854. The van der Waals surface area contributed by atoms with Gasteiger partial charge in [-0.25, -0.2) is 9.97 Å². The van der Waals surface area contributed by atoms with Crippen LogP contribution < -0.4 is 10.6 Å². The first-order valence-corrected chi connectivity index (χ1v) is 6.47. The van der Waals surface area contributed by atoms with Crippen LogP contribution in [0.2, 0.25) is 0 Å². The third-order valence-electron chi connectivity index (χ3n) is 2.13. The summed E-state index contributed by atoms with van der Waals surface area (Å²) < 4.78 is 0. The van der Waals surface area contributed by atoms with Gasteiger partial charge in [-0.3, -0.25) is 0 Å². The smallest absolute Gasteiger partial charge is 0.131 e. The van der Waals surface area contributed by atoms with Gasteiger partial charge in [0.15, 0.2) is 0 Å². The van der Waals surface area contributed by atoms with Gasteiger partial charge < -0.3 is 10.6 Å². The van der Waals surface area contributed by atoms with Crippen molar-refractivity contribution in [3.8, 4) is 0 Å². The molecule has 0 bridgehead atoms. The summed E-state index contributed by atoms with van der Waals surface area (Å²) in [4.78, 5) is 9.65. The molecule has 0 spiro atoms. The highest BCUT2D eigenvalue weighted by atomic mass is 32.1. The molecule has 0 amide bonds. The van der Waals surface area contributed by atoms with Gasteiger partial charge >= 0.3 is 0 Å². The molecule has 5 heteroatoms. The largest absolute Gasteiger partial charge is 0.368 e. The van der Waals surface area contributed by atoms with Crippen molar-refractivity contribution in [2.45, 2.75) is 26.4 Å². The Balaban J connectivity index is 1.96. The van der Waals surface area contributed by atoms with E-state index < -0.39 is 0 Å². The molecular weight excluding hydrogens is 232 g/mol. The van der Waals surface area contributed by atoms with E-state index in [2.05, 4.69) is 45.9 Å². The van der Waals surface area contributed by atoms with E-state index in [9.17, 15) is 0 Å². The number of aromatic nitrogens is 2. The lowest BCUT2D eigenvalue weighted by Crippen LogP contribution is -2.11. The topological polar surface area (TPSA) is 49.8 Å². The van der Waals surface area contributed by atoms with Crippen LogP contribution in [0.15, 0.2) is 29.9 Å². The third kappa shape index (κ3) is 3.71. The third-order valence-corrected chi connectivity index (χ3v) is 3.00. The molecule has 90 valence electrons. The number of hydrogen-bond acceptors (Lipinski definition) is 5. The molecule has 2 heterocycles. The Bertz CT molecular complexity index is 453. The van der Waals surface area contributed by atoms with Gasteiger partial charge in [-0.15, -0.1) is 11.3 Å². The summed E-state index contributed by atoms with van der Waals surface area (Å²) >= 11 is 1.74. The number of rotatable bonds is 5. The van der Waals surface area contributed by atoms with Crippen molar-refractivity contribution in [3.63, 3.8) is 0 Å². The molecule has 0 radical (unpaired) electrons. The van der Waals surface area contributed by atoms with Gasteiger partial charge in [0.1, 0.15) is 18.0 Å². The molecule has 0 aliphatic rings. The average molecular weight is 248 g/mol. The maximum atomic E-state index is 4.19. The van der Waals surface area contributed by atoms with Crippen molar-refractivity contribution < 1.29 is 0 Å². The Labute approximate surface area is 105 Å². The highest BCUT2D eigenvalue weighted by molar-refractivity contribution is 7.09. The van der Waals surface area contributed by atoms with Crippen LogP contribution in [0.4, 0.5) is 11.6 Å². The molecule has 0 saturated carbocycles. The lowest BCUT2D eigenvalue weighted by atomic mass is 10.4. The van der Waals surface area contributed by atoms with E-state index in [4.69, 9.17) is 0 Å². The van der Waals surface area contributed by atoms with E-state index >= 15 is 0 Å². The molecule has 0 aliphatic carbocycles. The van der Waals surface area contributed by atoms with Crippen molar-refractivity contribution in [1.82, 2.24) is 9.97 Å².